The van der Waals surface area contributed by atoms with Crippen LogP contribution in [0.3, 0.4) is 0 Å². The van der Waals surface area contributed by atoms with Gasteiger partial charge >= 0.3 is 23.9 Å². The van der Waals surface area contributed by atoms with E-state index in [-0.39, 0.29) is 119 Å². The van der Waals surface area contributed by atoms with E-state index in [0.717, 1.165) is 36.4 Å². The molecule has 0 amide bonds. The highest BCUT2D eigenvalue weighted by atomic mass is 28.4. The summed E-state index contributed by atoms with van der Waals surface area (Å²) in [7, 11) is -4.60. The molecule has 0 N–H and O–H groups in total. The molecule has 0 fully saturated rings. The van der Waals surface area contributed by atoms with Crippen LogP contribution in [0.1, 0.15) is 118 Å². The molecule has 6 aromatic rings. The summed E-state index contributed by atoms with van der Waals surface area (Å²) in [5.41, 5.74) is -0.400. The second-order valence-electron chi connectivity index (χ2n) is 24.0. The summed E-state index contributed by atoms with van der Waals surface area (Å²) in [6.45, 7) is 25.5. The van der Waals surface area contributed by atoms with E-state index in [0.29, 0.717) is 103 Å². The number of benzene rings is 6. The van der Waals surface area contributed by atoms with Crippen molar-refractivity contribution in [3.63, 3.8) is 0 Å². The van der Waals surface area contributed by atoms with E-state index < -0.39 is 63.8 Å². The van der Waals surface area contributed by atoms with Gasteiger partial charge in [-0.25, -0.2) is 36.7 Å². The fourth-order valence-corrected chi connectivity index (χ4v) is 18.9. The Morgan fingerprint density at radius 3 is 0.812 bits per heavy atom. The maximum Gasteiger partial charge on any atom is 0.343 e. The summed E-state index contributed by atoms with van der Waals surface area (Å²) in [6.07, 6.45) is 12.9. The van der Waals surface area contributed by atoms with Crippen molar-refractivity contribution in [2.24, 2.45) is 0 Å². The molecule has 0 aliphatic carbocycles. The van der Waals surface area contributed by atoms with Crippen LogP contribution in [0.5, 0.6) is 57.5 Å². The molecule has 0 spiro atoms. The predicted molar refractivity (Wildman–Crippen MR) is 377 cm³/mol. The quantitative estimate of drug-likeness (QED) is 0.00869. The van der Waals surface area contributed by atoms with Crippen LogP contribution in [-0.2, 0) is 23.1 Å². The fraction of sp³-hybridized carbons (Fsp3) is 0.368. The Morgan fingerprint density at radius 2 is 0.545 bits per heavy atom. The maximum atomic E-state index is 15.2. The Balaban J connectivity index is 1.05. The zero-order valence-electron chi connectivity index (χ0n) is 57.8. The van der Waals surface area contributed by atoms with E-state index in [1.807, 2.05) is 0 Å². The van der Waals surface area contributed by atoms with Gasteiger partial charge in [0.1, 0.15) is 11.5 Å². The SMILES string of the molecule is C=COCCCCOc1ccc(C(=O)Oc2ccc(OC(=O)c3ccc(OCCCCOC=C)c(F)c3)c(OCCCC[Si](C)(C)O[Si](C)(C)CCCCOc3cc(OC(=O)c4ccc(OCCCCOC=C)c(F)c4)ccc3OC(=O)c3ccc(OCCCCOC=C)c(F)c3)c2)cc1F. The summed E-state index contributed by atoms with van der Waals surface area (Å²) in [5, 5.41) is 0. The van der Waals surface area contributed by atoms with Crippen molar-refractivity contribution in [3.05, 3.63) is 206 Å². The molecule has 0 radical (unpaired) electrons. The fourth-order valence-electron chi connectivity index (χ4n) is 9.86. The Kier molecular flexibility index (Phi) is 34.2. The Morgan fingerprint density at radius 1 is 0.307 bits per heavy atom. The molecule has 0 saturated carbocycles. The van der Waals surface area contributed by atoms with Gasteiger partial charge < -0.3 is 70.4 Å². The summed E-state index contributed by atoms with van der Waals surface area (Å²) in [4.78, 5) is 53.8. The molecule has 0 aliphatic heterocycles. The minimum Gasteiger partial charge on any atom is -0.502 e. The van der Waals surface area contributed by atoms with Gasteiger partial charge in [-0.3, -0.25) is 0 Å². The summed E-state index contributed by atoms with van der Waals surface area (Å²) < 4.78 is 145. The van der Waals surface area contributed by atoms with Gasteiger partial charge in [0.25, 0.3) is 0 Å². The van der Waals surface area contributed by atoms with Crippen molar-refractivity contribution in [1.82, 2.24) is 0 Å². The minimum atomic E-state index is -2.30. The third-order valence-electron chi connectivity index (χ3n) is 14.9. The minimum absolute atomic E-state index is 0.000546. The smallest absolute Gasteiger partial charge is 0.343 e. The molecule has 101 heavy (non-hydrogen) atoms. The van der Waals surface area contributed by atoms with Crippen LogP contribution in [0.2, 0.25) is 38.3 Å². The highest BCUT2D eigenvalue weighted by Gasteiger charge is 2.32. The highest BCUT2D eigenvalue weighted by Crippen LogP contribution is 2.36. The number of ether oxygens (including phenoxy) is 14. The third kappa shape index (κ3) is 28.8. The van der Waals surface area contributed by atoms with Crippen LogP contribution in [0.4, 0.5) is 17.6 Å². The van der Waals surface area contributed by atoms with Gasteiger partial charge in [-0.15, -0.1) is 0 Å². The topological polar surface area (TPSA) is 207 Å². The molecule has 0 aliphatic rings. The van der Waals surface area contributed by atoms with Crippen LogP contribution >= 0.6 is 0 Å². The molecule has 0 atom stereocenters. The number of rotatable bonds is 50. The summed E-state index contributed by atoms with van der Waals surface area (Å²) in [5.74, 6) is -6.80. The van der Waals surface area contributed by atoms with Crippen LogP contribution in [0, 0.1) is 23.3 Å². The van der Waals surface area contributed by atoms with E-state index in [4.69, 9.17) is 70.4 Å². The molecular weight excluding hydrogens is 1350 g/mol. The monoisotopic (exact) mass is 1440 g/mol. The van der Waals surface area contributed by atoms with Crippen LogP contribution in [0.15, 0.2) is 161 Å². The molecule has 25 heteroatoms. The van der Waals surface area contributed by atoms with Gasteiger partial charge in [0, 0.05) is 12.1 Å². The van der Waals surface area contributed by atoms with Crippen LogP contribution in [-0.4, -0.2) is 107 Å². The number of esters is 4. The lowest BCUT2D eigenvalue weighted by molar-refractivity contribution is 0.0713. The number of halogens is 4. The van der Waals surface area contributed by atoms with Crippen LogP contribution in [0.25, 0.3) is 0 Å². The van der Waals surface area contributed by atoms with Crippen molar-refractivity contribution in [2.45, 2.75) is 115 Å². The van der Waals surface area contributed by atoms with E-state index in [1.165, 1.54) is 110 Å². The first-order chi connectivity index (χ1) is 48.7. The van der Waals surface area contributed by atoms with Crippen molar-refractivity contribution in [1.29, 1.82) is 0 Å². The molecule has 0 bridgehead atoms. The average Bonchev–Trinajstić information content (AvgIpc) is 0.845. The number of carbonyl (C=O) groups excluding carboxylic acids is 4. The maximum absolute atomic E-state index is 15.2. The van der Waals surface area contributed by atoms with Crippen molar-refractivity contribution in [2.75, 3.05) is 66.1 Å². The van der Waals surface area contributed by atoms with Gasteiger partial charge in [-0.1, -0.05) is 39.2 Å². The second-order valence-corrected chi connectivity index (χ2v) is 32.8. The van der Waals surface area contributed by atoms with Gasteiger partial charge in [0.2, 0.25) is 0 Å². The zero-order valence-corrected chi connectivity index (χ0v) is 59.8. The van der Waals surface area contributed by atoms with Gasteiger partial charge in [0.15, 0.2) is 85.9 Å². The Bertz CT molecular complexity index is 3440. The van der Waals surface area contributed by atoms with Crippen molar-refractivity contribution >= 4 is 40.5 Å². The number of hydrogen-bond donors (Lipinski definition) is 0. The van der Waals surface area contributed by atoms with E-state index in [1.54, 1.807) is 0 Å². The molecule has 0 saturated heterocycles. The lowest BCUT2D eigenvalue weighted by Crippen LogP contribution is -2.44. The molecular formula is C76H90F4O19Si2. The first-order valence-corrected chi connectivity index (χ1v) is 39.7. The number of hydrogen-bond acceptors (Lipinski definition) is 19. The largest absolute Gasteiger partial charge is 0.502 e. The lowest BCUT2D eigenvalue weighted by Gasteiger charge is -2.34. The molecule has 19 nitrogen and oxygen atoms in total. The molecule has 6 aromatic carbocycles. The summed E-state index contributed by atoms with van der Waals surface area (Å²) >= 11 is 0. The molecule has 0 heterocycles. The Labute approximate surface area is 590 Å². The van der Waals surface area contributed by atoms with Gasteiger partial charge in [-0.05, 0) is 200 Å². The van der Waals surface area contributed by atoms with E-state index in [9.17, 15) is 19.2 Å². The normalized spacial score (nSPS) is 11.1. The molecule has 0 unspecified atom stereocenters. The molecule has 0 aromatic heterocycles. The highest BCUT2D eigenvalue weighted by molar-refractivity contribution is 6.84. The summed E-state index contributed by atoms with van der Waals surface area (Å²) in [6, 6.07) is 24.6. The van der Waals surface area contributed by atoms with Crippen molar-refractivity contribution in [3.8, 4) is 57.5 Å². The molecule has 544 valence electrons. The van der Waals surface area contributed by atoms with Crippen LogP contribution < -0.4 is 47.4 Å². The standard InChI is InChI=1S/C76H90F4O19Si2/c1-9-85-37-13-17-41-89-65-31-25-55(49-61(65)77)73(81)95-59-29-35-69(97-75(83)57-27-33-67(63(79)51-57)91-43-19-15-39-87-11-3)71(53-59)93-45-21-23-47-100(5,6)99-101(7,8)48-24-22-46-94-72-54-60(96-74(82)56-26-32-66(62(78)50-56)90-42-18-14-38-86-10-2)30-36-70(72)98-76(84)58-28-34-68(64(80)52-58)92-44-20-16-40-88-12-4/h9-12,25-36,49-54H,1-4,13-24,37-48H2,5-8H3. The second kappa shape index (κ2) is 43.1. The van der Waals surface area contributed by atoms with Gasteiger partial charge in [0.05, 0.1) is 113 Å². The number of carbonyl (C=O) groups is 4. The van der Waals surface area contributed by atoms with E-state index in [2.05, 4.69) is 52.5 Å². The number of unbranched alkanes of at least 4 members (excludes halogenated alkanes) is 6. The Hall–Kier alpha value is -9.73. The molecule has 6 rings (SSSR count). The average molecular weight is 1440 g/mol. The zero-order chi connectivity index (χ0) is 72.8. The van der Waals surface area contributed by atoms with Gasteiger partial charge in [-0.2, -0.15) is 0 Å². The third-order valence-corrected chi connectivity index (χ3v) is 22.4. The lowest BCUT2D eigenvalue weighted by atomic mass is 10.2. The first-order valence-electron chi connectivity index (χ1n) is 33.4. The first kappa shape index (κ1) is 80.3. The predicted octanol–water partition coefficient (Wildman–Crippen LogP) is 17.8. The van der Waals surface area contributed by atoms with E-state index >= 15 is 17.6 Å². The van der Waals surface area contributed by atoms with Crippen molar-refractivity contribution < 1.29 is 107 Å².